The fourth-order valence-corrected chi connectivity index (χ4v) is 1.79. The van der Waals surface area contributed by atoms with Gasteiger partial charge in [0, 0.05) is 5.70 Å². The van der Waals surface area contributed by atoms with Crippen LogP contribution in [0, 0.1) is 0 Å². The Balaban J connectivity index is 2.27. The second-order valence-electron chi connectivity index (χ2n) is 3.16. The van der Waals surface area contributed by atoms with E-state index in [0.29, 0.717) is 6.54 Å². The van der Waals surface area contributed by atoms with E-state index in [0.717, 1.165) is 18.5 Å². The topological polar surface area (TPSA) is 23.5 Å². The molecule has 0 aromatic rings. The fourth-order valence-electron chi connectivity index (χ4n) is 1.79. The zero-order valence-corrected chi connectivity index (χ0v) is 6.58. The highest BCUT2D eigenvalue weighted by molar-refractivity contribution is 5.29. The number of hydrogen-bond donors (Lipinski definition) is 1. The quantitative estimate of drug-likeness (QED) is 0.573. The molecule has 1 heterocycles. The molecule has 0 spiro atoms. The van der Waals surface area contributed by atoms with E-state index in [2.05, 4.69) is 6.08 Å². The number of nitrogens with zero attached hydrogens (tertiary/aromatic N) is 1. The lowest BCUT2D eigenvalue weighted by molar-refractivity contribution is -0.0513. The molecule has 0 aromatic carbocycles. The highest BCUT2D eigenvalue weighted by atomic mass is 16.5. The summed E-state index contributed by atoms with van der Waals surface area (Å²) < 4.78 is 0. The van der Waals surface area contributed by atoms with Crippen molar-refractivity contribution in [3.05, 3.63) is 23.4 Å². The molecule has 2 heteroatoms. The third-order valence-electron chi connectivity index (χ3n) is 2.39. The molecular weight excluding hydrogens is 138 g/mol. The van der Waals surface area contributed by atoms with Gasteiger partial charge in [0.05, 0.1) is 6.54 Å². The molecule has 0 fully saturated rings. The Labute approximate surface area is 66.8 Å². The predicted octanol–water partition coefficient (Wildman–Crippen LogP) is 2.08. The Morgan fingerprint density at radius 3 is 2.91 bits per heavy atom. The van der Waals surface area contributed by atoms with Crippen molar-refractivity contribution in [3.8, 4) is 0 Å². The molecule has 0 aromatic heterocycles. The van der Waals surface area contributed by atoms with Crippen LogP contribution < -0.4 is 0 Å². The minimum atomic E-state index is 0.666. The molecule has 1 N–H and O–H groups in total. The van der Waals surface area contributed by atoms with Gasteiger partial charge < -0.3 is 0 Å². The third-order valence-corrected chi connectivity index (χ3v) is 2.39. The van der Waals surface area contributed by atoms with Crippen LogP contribution in [0.3, 0.4) is 0 Å². The van der Waals surface area contributed by atoms with Gasteiger partial charge in [-0.3, -0.25) is 10.3 Å². The summed E-state index contributed by atoms with van der Waals surface area (Å²) in [5, 5.41) is 10.8. The van der Waals surface area contributed by atoms with E-state index in [1.807, 2.05) is 6.08 Å². The normalized spacial score (nSPS) is 23.9. The van der Waals surface area contributed by atoms with E-state index in [1.54, 1.807) is 0 Å². The van der Waals surface area contributed by atoms with Crippen molar-refractivity contribution in [2.75, 3.05) is 6.54 Å². The standard InChI is InChI=1S/C9H13NO/c11-10-7-3-5-8-4-1-2-6-9(8)10/h3,5,11H,1-2,4,6-7H2. The molecule has 0 radical (unpaired) electrons. The van der Waals surface area contributed by atoms with Gasteiger partial charge in [0.25, 0.3) is 0 Å². The lowest BCUT2D eigenvalue weighted by Crippen LogP contribution is -2.24. The zero-order valence-electron chi connectivity index (χ0n) is 6.58. The van der Waals surface area contributed by atoms with Crippen molar-refractivity contribution in [3.63, 3.8) is 0 Å². The number of allylic oxidation sites excluding steroid dienone is 3. The SMILES string of the molecule is ON1CC=CC2=C1CCCC2. The molecule has 11 heavy (non-hydrogen) atoms. The van der Waals surface area contributed by atoms with Gasteiger partial charge in [-0.05, 0) is 31.3 Å². The van der Waals surface area contributed by atoms with Gasteiger partial charge in [-0.2, -0.15) is 0 Å². The highest BCUT2D eigenvalue weighted by Gasteiger charge is 2.17. The van der Waals surface area contributed by atoms with Gasteiger partial charge >= 0.3 is 0 Å². The van der Waals surface area contributed by atoms with Gasteiger partial charge in [-0.15, -0.1) is 0 Å². The first-order chi connectivity index (χ1) is 5.38. The minimum Gasteiger partial charge on any atom is -0.288 e. The van der Waals surface area contributed by atoms with Crippen LogP contribution in [0.15, 0.2) is 23.4 Å². The van der Waals surface area contributed by atoms with Crippen LogP contribution >= 0.6 is 0 Å². The largest absolute Gasteiger partial charge is 0.288 e. The monoisotopic (exact) mass is 151 g/mol. The summed E-state index contributed by atoms with van der Waals surface area (Å²) in [6, 6.07) is 0. The summed E-state index contributed by atoms with van der Waals surface area (Å²) in [5.74, 6) is 0. The van der Waals surface area contributed by atoms with Crippen molar-refractivity contribution in [2.45, 2.75) is 25.7 Å². The number of rotatable bonds is 0. The van der Waals surface area contributed by atoms with E-state index < -0.39 is 0 Å². The first-order valence-electron chi connectivity index (χ1n) is 4.23. The van der Waals surface area contributed by atoms with Crippen LogP contribution in [-0.2, 0) is 0 Å². The number of hydrogen-bond acceptors (Lipinski definition) is 2. The third kappa shape index (κ3) is 1.18. The molecule has 2 aliphatic rings. The van der Waals surface area contributed by atoms with Crippen molar-refractivity contribution in [1.82, 2.24) is 5.06 Å². The molecule has 0 atom stereocenters. The van der Waals surface area contributed by atoms with Gasteiger partial charge in [-0.25, -0.2) is 0 Å². The first-order valence-corrected chi connectivity index (χ1v) is 4.23. The predicted molar refractivity (Wildman–Crippen MR) is 43.1 cm³/mol. The van der Waals surface area contributed by atoms with Crippen molar-refractivity contribution >= 4 is 0 Å². The second kappa shape index (κ2) is 2.70. The molecule has 0 bridgehead atoms. The van der Waals surface area contributed by atoms with Gasteiger partial charge in [0.1, 0.15) is 0 Å². The van der Waals surface area contributed by atoms with Crippen molar-refractivity contribution in [1.29, 1.82) is 0 Å². The summed E-state index contributed by atoms with van der Waals surface area (Å²) >= 11 is 0. The van der Waals surface area contributed by atoms with Crippen LogP contribution in [0.4, 0.5) is 0 Å². The average molecular weight is 151 g/mol. The van der Waals surface area contributed by atoms with Gasteiger partial charge in [-0.1, -0.05) is 12.2 Å². The minimum absolute atomic E-state index is 0.666. The van der Waals surface area contributed by atoms with Crippen LogP contribution in [0.25, 0.3) is 0 Å². The maximum atomic E-state index is 9.43. The molecule has 2 rings (SSSR count). The maximum absolute atomic E-state index is 9.43. The fraction of sp³-hybridized carbons (Fsp3) is 0.556. The molecule has 2 nitrogen and oxygen atoms in total. The lowest BCUT2D eigenvalue weighted by Gasteiger charge is -2.28. The van der Waals surface area contributed by atoms with Crippen LogP contribution in [0.5, 0.6) is 0 Å². The van der Waals surface area contributed by atoms with E-state index in [1.165, 1.54) is 23.5 Å². The second-order valence-corrected chi connectivity index (χ2v) is 3.16. The Hall–Kier alpha value is -0.760. The Kier molecular flexibility index (Phi) is 1.70. The van der Waals surface area contributed by atoms with Crippen molar-refractivity contribution in [2.24, 2.45) is 0 Å². The molecule has 60 valence electrons. The number of hydroxylamine groups is 2. The summed E-state index contributed by atoms with van der Waals surface area (Å²) in [6.07, 6.45) is 8.87. The molecule has 0 saturated carbocycles. The van der Waals surface area contributed by atoms with Crippen LogP contribution in [-0.4, -0.2) is 16.8 Å². The first kappa shape index (κ1) is 6.92. The van der Waals surface area contributed by atoms with E-state index in [-0.39, 0.29) is 0 Å². The van der Waals surface area contributed by atoms with Crippen LogP contribution in [0.1, 0.15) is 25.7 Å². The summed E-state index contributed by atoms with van der Waals surface area (Å²) in [6.45, 7) is 0.666. The molecular formula is C9H13NO. The molecule has 0 amide bonds. The summed E-state index contributed by atoms with van der Waals surface area (Å²) in [5.41, 5.74) is 2.49. The Morgan fingerprint density at radius 2 is 2.09 bits per heavy atom. The van der Waals surface area contributed by atoms with E-state index in [4.69, 9.17) is 0 Å². The molecule has 0 saturated heterocycles. The summed E-state index contributed by atoms with van der Waals surface area (Å²) in [7, 11) is 0. The lowest BCUT2D eigenvalue weighted by atomic mass is 9.94. The zero-order chi connectivity index (χ0) is 7.68. The molecule has 1 aliphatic carbocycles. The Morgan fingerprint density at radius 1 is 1.27 bits per heavy atom. The van der Waals surface area contributed by atoms with Crippen LogP contribution in [0.2, 0.25) is 0 Å². The van der Waals surface area contributed by atoms with Crippen molar-refractivity contribution < 1.29 is 5.21 Å². The molecule has 0 unspecified atom stereocenters. The molecule has 1 aliphatic heterocycles. The summed E-state index contributed by atoms with van der Waals surface area (Å²) in [4.78, 5) is 0. The Bertz CT molecular complexity index is 218. The van der Waals surface area contributed by atoms with E-state index >= 15 is 0 Å². The maximum Gasteiger partial charge on any atom is 0.0633 e. The smallest absolute Gasteiger partial charge is 0.0633 e. The van der Waals surface area contributed by atoms with Gasteiger partial charge in [0.15, 0.2) is 0 Å². The average Bonchev–Trinajstić information content (AvgIpc) is 2.06. The van der Waals surface area contributed by atoms with E-state index in [9.17, 15) is 5.21 Å². The van der Waals surface area contributed by atoms with Gasteiger partial charge in [0.2, 0.25) is 0 Å². The highest BCUT2D eigenvalue weighted by Crippen LogP contribution is 2.29.